The molecule has 4 aromatic carbocycles. The van der Waals surface area contributed by atoms with Crippen molar-refractivity contribution >= 4 is 39.8 Å². The van der Waals surface area contributed by atoms with Crippen LogP contribution in [0.2, 0.25) is 0 Å². The summed E-state index contributed by atoms with van der Waals surface area (Å²) in [5, 5.41) is 1.76. The molecule has 0 unspecified atom stereocenters. The second-order valence-electron chi connectivity index (χ2n) is 10.0. The first-order valence-corrected chi connectivity index (χ1v) is 12.5. The van der Waals surface area contributed by atoms with Gasteiger partial charge < -0.3 is 4.74 Å². The Morgan fingerprint density at radius 1 is 0.757 bits per heavy atom. The SMILES string of the molecule is Cc1ccc2c(c1)OC(=O)[C@@H]1C2=C[C@H](c2ccccc2)[C@H]2C(=O)N(c3cccc4ccccc34)C(=O)[C@H]12. The highest BCUT2D eigenvalue weighted by molar-refractivity contribution is 6.27. The predicted octanol–water partition coefficient (Wildman–Crippen LogP) is 5.67. The van der Waals surface area contributed by atoms with Gasteiger partial charge in [0.25, 0.3) is 0 Å². The molecule has 0 radical (unpaired) electrons. The summed E-state index contributed by atoms with van der Waals surface area (Å²) < 4.78 is 5.76. The molecular formula is C32H23NO4. The van der Waals surface area contributed by atoms with E-state index >= 15 is 0 Å². The summed E-state index contributed by atoms with van der Waals surface area (Å²) in [7, 11) is 0. The molecule has 3 aliphatic rings. The van der Waals surface area contributed by atoms with Gasteiger partial charge in [-0.15, -0.1) is 0 Å². The number of nitrogens with zero attached hydrogens (tertiary/aromatic N) is 1. The molecule has 1 fully saturated rings. The fourth-order valence-corrected chi connectivity index (χ4v) is 6.31. The van der Waals surface area contributed by atoms with E-state index in [1.165, 1.54) is 4.90 Å². The molecule has 0 saturated carbocycles. The number of rotatable bonds is 2. The highest BCUT2D eigenvalue weighted by Crippen LogP contribution is 2.55. The lowest BCUT2D eigenvalue weighted by molar-refractivity contribution is -0.142. The lowest BCUT2D eigenvalue weighted by atomic mass is 9.64. The fraction of sp³-hybridized carbons (Fsp3) is 0.156. The van der Waals surface area contributed by atoms with Crippen molar-refractivity contribution in [3.8, 4) is 5.75 Å². The van der Waals surface area contributed by atoms with E-state index in [0.717, 1.165) is 33.0 Å². The zero-order valence-electron chi connectivity index (χ0n) is 20.1. The predicted molar refractivity (Wildman–Crippen MR) is 141 cm³/mol. The third-order valence-electron chi connectivity index (χ3n) is 7.94. The summed E-state index contributed by atoms with van der Waals surface area (Å²) in [5.41, 5.74) is 4.04. The molecule has 2 amide bonds. The number of carbonyl (C=O) groups excluding carboxylic acids is 3. The van der Waals surface area contributed by atoms with Crippen LogP contribution in [0, 0.1) is 24.7 Å². The monoisotopic (exact) mass is 485 g/mol. The van der Waals surface area contributed by atoms with Crippen molar-refractivity contribution in [1.82, 2.24) is 0 Å². The van der Waals surface area contributed by atoms with Crippen molar-refractivity contribution in [2.24, 2.45) is 17.8 Å². The molecule has 0 spiro atoms. The van der Waals surface area contributed by atoms with Crippen LogP contribution >= 0.6 is 0 Å². The number of esters is 1. The Hall–Kier alpha value is -4.51. The van der Waals surface area contributed by atoms with Crippen molar-refractivity contribution in [3.05, 3.63) is 114 Å². The third-order valence-corrected chi connectivity index (χ3v) is 7.94. The van der Waals surface area contributed by atoms with Crippen LogP contribution in [0.15, 0.2) is 97.1 Å². The van der Waals surface area contributed by atoms with Crippen LogP contribution in [-0.4, -0.2) is 17.8 Å². The minimum absolute atomic E-state index is 0.280. The topological polar surface area (TPSA) is 63.7 Å². The average Bonchev–Trinajstić information content (AvgIpc) is 3.18. The molecule has 2 aliphatic heterocycles. The third kappa shape index (κ3) is 3.13. The molecule has 4 aromatic rings. The van der Waals surface area contributed by atoms with Crippen LogP contribution in [0.4, 0.5) is 5.69 Å². The number of aryl methyl sites for hydroxylation is 1. The minimum Gasteiger partial charge on any atom is -0.425 e. The van der Waals surface area contributed by atoms with Crippen molar-refractivity contribution in [3.63, 3.8) is 0 Å². The summed E-state index contributed by atoms with van der Waals surface area (Å²) in [6, 6.07) is 28.8. The Labute approximate surface area is 214 Å². The standard InChI is InChI=1S/C32H23NO4/c1-18-14-15-22-24-17-23(20-8-3-2-4-9-20)27-29(28(24)32(36)37-26(22)16-18)31(35)33(30(27)34)25-13-7-11-19-10-5-6-12-21(19)25/h2-17,23,27-29H,1H3/t23-,27-,28-,29+/m1/s1. The highest BCUT2D eigenvalue weighted by Gasteiger charge is 2.60. The number of anilines is 1. The average molecular weight is 486 g/mol. The summed E-state index contributed by atoms with van der Waals surface area (Å²) in [5.74, 6) is -3.35. The van der Waals surface area contributed by atoms with Gasteiger partial charge in [-0.25, -0.2) is 4.90 Å². The van der Waals surface area contributed by atoms with Crippen molar-refractivity contribution in [1.29, 1.82) is 0 Å². The van der Waals surface area contributed by atoms with Crippen molar-refractivity contribution in [2.45, 2.75) is 12.8 Å². The number of imide groups is 1. The second kappa shape index (κ2) is 8.00. The Bertz CT molecular complexity index is 1650. The molecule has 4 atom stereocenters. The smallest absolute Gasteiger partial charge is 0.319 e. The molecule has 37 heavy (non-hydrogen) atoms. The number of fused-ring (bicyclic) bond motifs is 6. The summed E-state index contributed by atoms with van der Waals surface area (Å²) in [6.45, 7) is 1.94. The Kier molecular flexibility index (Phi) is 4.70. The summed E-state index contributed by atoms with van der Waals surface area (Å²) in [6.07, 6.45) is 2.02. The largest absolute Gasteiger partial charge is 0.425 e. The number of hydrogen-bond donors (Lipinski definition) is 0. The molecule has 5 nitrogen and oxygen atoms in total. The quantitative estimate of drug-likeness (QED) is 0.209. The van der Waals surface area contributed by atoms with Crippen LogP contribution in [0.25, 0.3) is 16.3 Å². The first-order chi connectivity index (χ1) is 18.0. The number of allylic oxidation sites excluding steroid dienone is 1. The van der Waals surface area contributed by atoms with Gasteiger partial charge in [0.2, 0.25) is 11.8 Å². The minimum atomic E-state index is -0.848. The van der Waals surface area contributed by atoms with Gasteiger partial charge in [-0.1, -0.05) is 84.9 Å². The maximum atomic E-state index is 14.2. The van der Waals surface area contributed by atoms with Crippen LogP contribution in [-0.2, 0) is 14.4 Å². The molecule has 0 N–H and O–H groups in total. The van der Waals surface area contributed by atoms with Crippen LogP contribution in [0.3, 0.4) is 0 Å². The van der Waals surface area contributed by atoms with Gasteiger partial charge in [0, 0.05) is 16.9 Å². The Morgan fingerprint density at radius 2 is 1.49 bits per heavy atom. The normalized spacial score (nSPS) is 24.3. The molecule has 1 aliphatic carbocycles. The molecule has 0 aromatic heterocycles. The number of benzene rings is 4. The van der Waals surface area contributed by atoms with E-state index in [0.29, 0.717) is 11.4 Å². The van der Waals surface area contributed by atoms with E-state index < -0.39 is 23.7 Å². The maximum absolute atomic E-state index is 14.2. The molecule has 2 heterocycles. The zero-order valence-corrected chi connectivity index (χ0v) is 20.1. The molecule has 5 heteroatoms. The van der Waals surface area contributed by atoms with Crippen LogP contribution < -0.4 is 9.64 Å². The molecule has 1 saturated heterocycles. The number of carbonyl (C=O) groups is 3. The molecule has 180 valence electrons. The molecule has 7 rings (SSSR count). The first-order valence-electron chi connectivity index (χ1n) is 12.5. The van der Waals surface area contributed by atoms with Gasteiger partial charge in [-0.2, -0.15) is 0 Å². The van der Waals surface area contributed by atoms with Crippen molar-refractivity contribution in [2.75, 3.05) is 4.90 Å². The second-order valence-corrected chi connectivity index (χ2v) is 10.0. The van der Waals surface area contributed by atoms with E-state index in [1.54, 1.807) is 6.07 Å². The van der Waals surface area contributed by atoms with Crippen LogP contribution in [0.1, 0.15) is 22.6 Å². The van der Waals surface area contributed by atoms with E-state index in [4.69, 9.17) is 4.74 Å². The highest BCUT2D eigenvalue weighted by atomic mass is 16.5. The van der Waals surface area contributed by atoms with Crippen LogP contribution in [0.5, 0.6) is 5.75 Å². The van der Waals surface area contributed by atoms with Gasteiger partial charge in [0.1, 0.15) is 5.75 Å². The van der Waals surface area contributed by atoms with E-state index in [1.807, 2.05) is 97.9 Å². The number of ether oxygens (including phenoxy) is 1. The van der Waals surface area contributed by atoms with Gasteiger partial charge in [-0.3, -0.25) is 14.4 Å². The van der Waals surface area contributed by atoms with Gasteiger partial charge in [-0.05, 0) is 41.1 Å². The first kappa shape index (κ1) is 21.7. The molecular weight excluding hydrogens is 462 g/mol. The maximum Gasteiger partial charge on any atom is 0.319 e. The van der Waals surface area contributed by atoms with E-state index in [9.17, 15) is 14.4 Å². The Morgan fingerprint density at radius 3 is 2.32 bits per heavy atom. The van der Waals surface area contributed by atoms with E-state index in [2.05, 4.69) is 0 Å². The van der Waals surface area contributed by atoms with Gasteiger partial charge in [0.15, 0.2) is 0 Å². The summed E-state index contributed by atoms with van der Waals surface area (Å²) >= 11 is 0. The zero-order chi connectivity index (χ0) is 25.3. The fourth-order valence-electron chi connectivity index (χ4n) is 6.31. The Balaban J connectivity index is 1.44. The van der Waals surface area contributed by atoms with Crippen molar-refractivity contribution < 1.29 is 19.1 Å². The lowest BCUT2D eigenvalue weighted by Gasteiger charge is -2.38. The lowest BCUT2D eigenvalue weighted by Crippen LogP contribution is -2.42. The van der Waals surface area contributed by atoms with E-state index in [-0.39, 0.29) is 17.7 Å². The molecule has 0 bridgehead atoms. The number of hydrogen-bond acceptors (Lipinski definition) is 4. The summed E-state index contributed by atoms with van der Waals surface area (Å²) in [4.78, 5) is 43.1. The van der Waals surface area contributed by atoms with Gasteiger partial charge in [0.05, 0.1) is 23.4 Å². The van der Waals surface area contributed by atoms with Gasteiger partial charge >= 0.3 is 5.97 Å². The number of amides is 2.